The van der Waals surface area contributed by atoms with Crippen LogP contribution < -0.4 is 5.73 Å². The summed E-state index contributed by atoms with van der Waals surface area (Å²) in [6.07, 6.45) is 2.11. The van der Waals surface area contributed by atoms with Crippen molar-refractivity contribution < 1.29 is 4.79 Å². The average molecular weight is 140 g/mol. The maximum Gasteiger partial charge on any atom is 0.236 e. The van der Waals surface area contributed by atoms with Crippen LogP contribution in [-0.4, -0.2) is 23.9 Å². The number of nitrogens with two attached hydrogens (primary N) is 1. The van der Waals surface area contributed by atoms with Crippen molar-refractivity contribution in [3.63, 3.8) is 0 Å². The standard InChI is InChI=1S/C7H12N2O/c1-6-3-2-4-9(6)5-7(8)10/h1-5H2,(H2,8,10). The molecule has 1 rings (SSSR count). The van der Waals surface area contributed by atoms with E-state index in [0.717, 1.165) is 25.1 Å². The van der Waals surface area contributed by atoms with Gasteiger partial charge in [0.05, 0.1) is 6.54 Å². The van der Waals surface area contributed by atoms with Crippen LogP contribution in [-0.2, 0) is 4.79 Å². The van der Waals surface area contributed by atoms with Crippen LogP contribution in [0.3, 0.4) is 0 Å². The minimum Gasteiger partial charge on any atom is -0.368 e. The summed E-state index contributed by atoms with van der Waals surface area (Å²) in [6.45, 7) is 5.07. The van der Waals surface area contributed by atoms with Crippen molar-refractivity contribution >= 4 is 5.91 Å². The topological polar surface area (TPSA) is 46.3 Å². The van der Waals surface area contributed by atoms with Gasteiger partial charge >= 0.3 is 0 Å². The summed E-state index contributed by atoms with van der Waals surface area (Å²) in [5.74, 6) is -0.275. The fraction of sp³-hybridized carbons (Fsp3) is 0.571. The van der Waals surface area contributed by atoms with Gasteiger partial charge in [-0.2, -0.15) is 0 Å². The molecule has 0 aromatic carbocycles. The molecule has 3 nitrogen and oxygen atoms in total. The Morgan fingerprint density at radius 2 is 2.50 bits per heavy atom. The average Bonchev–Trinajstić information content (AvgIpc) is 2.15. The quantitative estimate of drug-likeness (QED) is 0.590. The molecule has 1 amide bonds. The van der Waals surface area contributed by atoms with E-state index in [-0.39, 0.29) is 5.91 Å². The highest BCUT2D eigenvalue weighted by Crippen LogP contribution is 2.17. The number of primary amides is 1. The molecule has 1 heterocycles. The summed E-state index contributed by atoms with van der Waals surface area (Å²) >= 11 is 0. The second-order valence-corrected chi connectivity index (χ2v) is 2.56. The van der Waals surface area contributed by atoms with Crippen LogP contribution in [0.15, 0.2) is 12.3 Å². The number of hydrogen-bond acceptors (Lipinski definition) is 2. The number of amides is 1. The van der Waals surface area contributed by atoms with Crippen LogP contribution in [0.25, 0.3) is 0 Å². The summed E-state index contributed by atoms with van der Waals surface area (Å²) in [5, 5.41) is 0. The van der Waals surface area contributed by atoms with Gasteiger partial charge in [-0.25, -0.2) is 0 Å². The summed E-state index contributed by atoms with van der Waals surface area (Å²) in [4.78, 5) is 12.4. The Morgan fingerprint density at radius 1 is 1.80 bits per heavy atom. The summed E-state index contributed by atoms with van der Waals surface area (Å²) in [5.41, 5.74) is 6.05. The molecule has 0 aromatic heterocycles. The van der Waals surface area contributed by atoms with Crippen molar-refractivity contribution in [3.8, 4) is 0 Å². The number of nitrogens with zero attached hydrogens (tertiary/aromatic N) is 1. The molecule has 1 fully saturated rings. The zero-order chi connectivity index (χ0) is 7.56. The normalized spacial score (nSPS) is 18.0. The minimum atomic E-state index is -0.275. The van der Waals surface area contributed by atoms with Gasteiger partial charge in [0, 0.05) is 12.2 Å². The van der Waals surface area contributed by atoms with E-state index in [1.165, 1.54) is 0 Å². The van der Waals surface area contributed by atoms with Crippen molar-refractivity contribution in [2.75, 3.05) is 13.1 Å². The number of carbonyl (C=O) groups excluding carboxylic acids is 1. The molecule has 1 aliphatic rings. The van der Waals surface area contributed by atoms with Crippen LogP contribution in [0.4, 0.5) is 0 Å². The lowest BCUT2D eigenvalue weighted by Crippen LogP contribution is -2.30. The third-order valence-electron chi connectivity index (χ3n) is 1.69. The van der Waals surface area contributed by atoms with E-state index in [2.05, 4.69) is 6.58 Å². The van der Waals surface area contributed by atoms with E-state index < -0.39 is 0 Å². The third-order valence-corrected chi connectivity index (χ3v) is 1.69. The van der Waals surface area contributed by atoms with Gasteiger partial charge in [-0.15, -0.1) is 0 Å². The Morgan fingerprint density at radius 3 is 2.90 bits per heavy atom. The summed E-state index contributed by atoms with van der Waals surface area (Å²) in [7, 11) is 0. The molecule has 10 heavy (non-hydrogen) atoms. The van der Waals surface area contributed by atoms with Crippen molar-refractivity contribution in [2.45, 2.75) is 12.8 Å². The number of likely N-dealkylation sites (tertiary alicyclic amines) is 1. The molecule has 56 valence electrons. The van der Waals surface area contributed by atoms with Crippen molar-refractivity contribution in [1.29, 1.82) is 0 Å². The van der Waals surface area contributed by atoms with Gasteiger partial charge in [-0.1, -0.05) is 6.58 Å². The maximum atomic E-state index is 10.4. The summed E-state index contributed by atoms with van der Waals surface area (Å²) in [6, 6.07) is 0. The second-order valence-electron chi connectivity index (χ2n) is 2.56. The number of allylic oxidation sites excluding steroid dienone is 1. The smallest absolute Gasteiger partial charge is 0.236 e. The SMILES string of the molecule is C=C1CCCN1CC(N)=O. The molecular weight excluding hydrogens is 128 g/mol. The molecule has 0 unspecified atom stereocenters. The first-order chi connectivity index (χ1) is 4.70. The fourth-order valence-electron chi connectivity index (χ4n) is 1.17. The lowest BCUT2D eigenvalue weighted by Gasteiger charge is -2.15. The van der Waals surface area contributed by atoms with Crippen molar-refractivity contribution in [3.05, 3.63) is 12.3 Å². The van der Waals surface area contributed by atoms with Gasteiger partial charge < -0.3 is 10.6 Å². The van der Waals surface area contributed by atoms with Crippen LogP contribution in [0.5, 0.6) is 0 Å². The monoisotopic (exact) mass is 140 g/mol. The van der Waals surface area contributed by atoms with E-state index in [0.29, 0.717) is 6.54 Å². The molecule has 2 N–H and O–H groups in total. The molecule has 0 aromatic rings. The van der Waals surface area contributed by atoms with Gasteiger partial charge in [0.1, 0.15) is 0 Å². The van der Waals surface area contributed by atoms with Crippen molar-refractivity contribution in [1.82, 2.24) is 4.90 Å². The highest BCUT2D eigenvalue weighted by Gasteiger charge is 2.15. The molecule has 0 atom stereocenters. The second kappa shape index (κ2) is 2.73. The number of hydrogen-bond donors (Lipinski definition) is 1. The lowest BCUT2D eigenvalue weighted by atomic mass is 10.3. The van der Waals surface area contributed by atoms with Crippen LogP contribution in [0.2, 0.25) is 0 Å². The van der Waals surface area contributed by atoms with Gasteiger partial charge in [0.15, 0.2) is 0 Å². The Balaban J connectivity index is 2.40. The van der Waals surface area contributed by atoms with Crippen LogP contribution in [0, 0.1) is 0 Å². The molecular formula is C7H12N2O. The Bertz CT molecular complexity index is 165. The zero-order valence-corrected chi connectivity index (χ0v) is 5.97. The zero-order valence-electron chi connectivity index (χ0n) is 5.97. The predicted octanol–water partition coefficient (Wildman–Crippen LogP) is 0.0812. The van der Waals surface area contributed by atoms with E-state index >= 15 is 0 Å². The highest BCUT2D eigenvalue weighted by molar-refractivity contribution is 5.76. The third kappa shape index (κ3) is 1.50. The predicted molar refractivity (Wildman–Crippen MR) is 39.1 cm³/mol. The molecule has 0 saturated carbocycles. The Hall–Kier alpha value is -0.990. The largest absolute Gasteiger partial charge is 0.368 e. The maximum absolute atomic E-state index is 10.4. The number of carbonyl (C=O) groups is 1. The number of rotatable bonds is 2. The van der Waals surface area contributed by atoms with E-state index in [1.807, 2.05) is 4.90 Å². The van der Waals surface area contributed by atoms with Crippen LogP contribution in [0.1, 0.15) is 12.8 Å². The molecule has 1 aliphatic heterocycles. The first-order valence-electron chi connectivity index (χ1n) is 3.41. The first kappa shape index (κ1) is 7.12. The first-order valence-corrected chi connectivity index (χ1v) is 3.41. The van der Waals surface area contributed by atoms with Gasteiger partial charge in [-0.05, 0) is 12.8 Å². The molecule has 0 aliphatic carbocycles. The van der Waals surface area contributed by atoms with Gasteiger partial charge in [0.2, 0.25) is 5.91 Å². The Labute approximate surface area is 60.5 Å². The minimum absolute atomic E-state index is 0.275. The van der Waals surface area contributed by atoms with Crippen LogP contribution >= 0.6 is 0 Å². The highest BCUT2D eigenvalue weighted by atomic mass is 16.1. The van der Waals surface area contributed by atoms with E-state index in [9.17, 15) is 4.79 Å². The van der Waals surface area contributed by atoms with E-state index in [4.69, 9.17) is 5.73 Å². The molecule has 0 radical (unpaired) electrons. The van der Waals surface area contributed by atoms with E-state index in [1.54, 1.807) is 0 Å². The molecule has 0 bridgehead atoms. The molecule has 3 heteroatoms. The van der Waals surface area contributed by atoms with Crippen molar-refractivity contribution in [2.24, 2.45) is 5.73 Å². The Kier molecular flexibility index (Phi) is 1.94. The van der Waals surface area contributed by atoms with Gasteiger partial charge in [-0.3, -0.25) is 4.79 Å². The molecule has 0 spiro atoms. The van der Waals surface area contributed by atoms with Gasteiger partial charge in [0.25, 0.3) is 0 Å². The molecule has 1 saturated heterocycles. The lowest BCUT2D eigenvalue weighted by molar-refractivity contribution is -0.118. The summed E-state index contributed by atoms with van der Waals surface area (Å²) < 4.78 is 0. The fourth-order valence-corrected chi connectivity index (χ4v) is 1.17.